The fourth-order valence-corrected chi connectivity index (χ4v) is 6.14. The average Bonchev–Trinajstić information content (AvgIpc) is 3.00. The van der Waals surface area contributed by atoms with E-state index in [1.54, 1.807) is 6.20 Å². The number of rotatable bonds is 4. The van der Waals surface area contributed by atoms with Crippen molar-refractivity contribution in [3.8, 4) is 33.4 Å². The fourth-order valence-electron chi connectivity index (χ4n) is 6.14. The number of allylic oxidation sites excluding steroid dienone is 3. The van der Waals surface area contributed by atoms with Crippen LogP contribution in [0.15, 0.2) is 139 Å². The van der Waals surface area contributed by atoms with E-state index in [-0.39, 0.29) is 6.85 Å². The maximum Gasteiger partial charge on any atom is 0.329 e. The molecule has 0 fully saturated rings. The molecule has 0 N–H and O–H groups in total. The van der Waals surface area contributed by atoms with Gasteiger partial charge < -0.3 is 4.81 Å². The van der Waals surface area contributed by atoms with Gasteiger partial charge in [0.05, 0.1) is 0 Å². The van der Waals surface area contributed by atoms with Crippen LogP contribution in [-0.4, -0.2) is 13.6 Å². The third-order valence-electron chi connectivity index (χ3n) is 7.98. The molecule has 7 rings (SSSR count). The topological polar surface area (TPSA) is 15.6 Å². The summed E-state index contributed by atoms with van der Waals surface area (Å²) in [6.07, 6.45) is 5.68. The van der Waals surface area contributed by atoms with E-state index in [2.05, 4.69) is 145 Å². The quantitative estimate of drug-likeness (QED) is 0.140. The van der Waals surface area contributed by atoms with Crippen LogP contribution in [0.1, 0.15) is 12.5 Å². The van der Waals surface area contributed by atoms with E-state index in [9.17, 15) is 0 Å². The van der Waals surface area contributed by atoms with Crippen molar-refractivity contribution in [2.24, 2.45) is 4.99 Å². The normalized spacial score (nSPS) is 13.3. The monoisotopic (exact) mass is 498 g/mol. The van der Waals surface area contributed by atoms with Gasteiger partial charge in [-0.25, -0.2) is 0 Å². The second kappa shape index (κ2) is 9.45. The SMILES string of the molecule is C=N/C=C\C=C(/C)c1ccc(-c2ccc3c(c2)-c2ccccc2B2c4ccccc4-c4ccccc4N23)cc1. The van der Waals surface area contributed by atoms with Crippen molar-refractivity contribution in [2.45, 2.75) is 6.92 Å². The van der Waals surface area contributed by atoms with Crippen molar-refractivity contribution >= 4 is 41.4 Å². The zero-order valence-electron chi connectivity index (χ0n) is 21.9. The summed E-state index contributed by atoms with van der Waals surface area (Å²) in [5.74, 6) is 0. The molecule has 3 heteroatoms. The molecule has 0 radical (unpaired) electrons. The molecule has 0 saturated heterocycles. The van der Waals surface area contributed by atoms with Crippen molar-refractivity contribution in [1.29, 1.82) is 0 Å². The molecule has 0 amide bonds. The van der Waals surface area contributed by atoms with Gasteiger partial charge in [0.15, 0.2) is 0 Å². The second-order valence-corrected chi connectivity index (χ2v) is 10.1. The van der Waals surface area contributed by atoms with Crippen molar-refractivity contribution in [1.82, 2.24) is 0 Å². The molecule has 0 spiro atoms. The van der Waals surface area contributed by atoms with E-state index in [1.165, 1.54) is 66.8 Å². The first-order valence-electron chi connectivity index (χ1n) is 13.4. The molecule has 2 aliphatic heterocycles. The van der Waals surface area contributed by atoms with Crippen LogP contribution in [0.25, 0.3) is 39.0 Å². The van der Waals surface area contributed by atoms with Gasteiger partial charge in [-0.1, -0.05) is 103 Å². The lowest BCUT2D eigenvalue weighted by atomic mass is 9.43. The maximum atomic E-state index is 3.78. The molecule has 2 heterocycles. The highest BCUT2D eigenvalue weighted by molar-refractivity contribution is 6.92. The van der Waals surface area contributed by atoms with Gasteiger partial charge in [0, 0.05) is 28.7 Å². The van der Waals surface area contributed by atoms with Crippen LogP contribution in [0.2, 0.25) is 0 Å². The van der Waals surface area contributed by atoms with Gasteiger partial charge in [-0.05, 0) is 82.2 Å². The molecular weight excluding hydrogens is 471 g/mol. The summed E-state index contributed by atoms with van der Waals surface area (Å²) in [5, 5.41) is 0. The van der Waals surface area contributed by atoms with Crippen molar-refractivity contribution in [2.75, 3.05) is 4.81 Å². The molecule has 5 aromatic rings. The van der Waals surface area contributed by atoms with E-state index in [0.29, 0.717) is 0 Å². The molecule has 0 unspecified atom stereocenters. The molecule has 184 valence electrons. The molecule has 0 bridgehead atoms. The third kappa shape index (κ3) is 3.78. The van der Waals surface area contributed by atoms with E-state index >= 15 is 0 Å². The minimum Gasteiger partial charge on any atom is -0.376 e. The number of fused-ring (bicyclic) bond motifs is 11. The van der Waals surface area contributed by atoms with Gasteiger partial charge in [-0.2, -0.15) is 0 Å². The van der Waals surface area contributed by atoms with Crippen molar-refractivity contribution in [3.63, 3.8) is 0 Å². The summed E-state index contributed by atoms with van der Waals surface area (Å²) in [7, 11) is 0. The number of nitrogens with zero attached hydrogens (tertiary/aromatic N) is 2. The van der Waals surface area contributed by atoms with E-state index < -0.39 is 0 Å². The van der Waals surface area contributed by atoms with E-state index in [0.717, 1.165) is 0 Å². The smallest absolute Gasteiger partial charge is 0.329 e. The predicted molar refractivity (Wildman–Crippen MR) is 169 cm³/mol. The Morgan fingerprint density at radius 2 is 1.26 bits per heavy atom. The highest BCUT2D eigenvalue weighted by Crippen LogP contribution is 2.46. The number of aliphatic imine (C=N–C) groups is 1. The zero-order chi connectivity index (χ0) is 26.3. The Morgan fingerprint density at radius 1 is 0.667 bits per heavy atom. The Hall–Kier alpha value is -4.89. The molecule has 0 aromatic heterocycles. The molecule has 5 aromatic carbocycles. The molecule has 0 saturated carbocycles. The molecule has 0 aliphatic carbocycles. The second-order valence-electron chi connectivity index (χ2n) is 10.1. The summed E-state index contributed by atoms with van der Waals surface area (Å²) in [6.45, 7) is 5.75. The summed E-state index contributed by atoms with van der Waals surface area (Å²) in [6, 6.07) is 42.4. The van der Waals surface area contributed by atoms with Crippen molar-refractivity contribution < 1.29 is 0 Å². The van der Waals surface area contributed by atoms with Gasteiger partial charge in [-0.15, -0.1) is 0 Å². The summed E-state index contributed by atoms with van der Waals surface area (Å²) in [5.41, 5.74) is 15.2. The number of benzene rings is 5. The van der Waals surface area contributed by atoms with Crippen LogP contribution in [0.3, 0.4) is 0 Å². The van der Waals surface area contributed by atoms with E-state index in [4.69, 9.17) is 0 Å². The third-order valence-corrected chi connectivity index (χ3v) is 7.98. The zero-order valence-corrected chi connectivity index (χ0v) is 21.9. The number of anilines is 2. The lowest BCUT2D eigenvalue weighted by molar-refractivity contribution is 1.35. The predicted octanol–water partition coefficient (Wildman–Crippen LogP) is 7.88. The Morgan fingerprint density at radius 3 is 1.97 bits per heavy atom. The Kier molecular flexibility index (Phi) is 5.63. The molecule has 39 heavy (non-hydrogen) atoms. The van der Waals surface area contributed by atoms with Crippen LogP contribution < -0.4 is 15.7 Å². The summed E-state index contributed by atoms with van der Waals surface area (Å²) >= 11 is 0. The molecule has 2 nitrogen and oxygen atoms in total. The Labute approximate surface area is 230 Å². The van der Waals surface area contributed by atoms with Crippen LogP contribution >= 0.6 is 0 Å². The standard InChI is InChI=1S/C36H27BN2/c1-25(10-9-23-38-2)26-17-19-27(20-18-26)28-21-22-36-32(24-28)30-12-4-7-15-34(30)37-33-14-6-3-11-29(33)31-13-5-8-16-35(31)39(36)37/h3-24H,2H2,1H3/b23-9-,25-10+. The lowest BCUT2D eigenvalue weighted by Gasteiger charge is -2.43. The lowest BCUT2D eigenvalue weighted by Crippen LogP contribution is -2.59. The van der Waals surface area contributed by atoms with Crippen molar-refractivity contribution in [3.05, 3.63) is 139 Å². The first kappa shape index (κ1) is 23.2. The number of hydrogen-bond donors (Lipinski definition) is 0. The summed E-state index contributed by atoms with van der Waals surface area (Å²) in [4.78, 5) is 6.32. The highest BCUT2D eigenvalue weighted by Gasteiger charge is 2.41. The molecule has 0 atom stereocenters. The maximum absolute atomic E-state index is 3.78. The Balaban J connectivity index is 1.37. The summed E-state index contributed by atoms with van der Waals surface area (Å²) < 4.78 is 0. The molecular formula is C36H27BN2. The van der Waals surface area contributed by atoms with Crippen LogP contribution in [-0.2, 0) is 0 Å². The first-order chi connectivity index (χ1) is 19.2. The van der Waals surface area contributed by atoms with Gasteiger partial charge >= 0.3 is 6.85 Å². The van der Waals surface area contributed by atoms with Gasteiger partial charge in [0.25, 0.3) is 0 Å². The minimum atomic E-state index is 0.144. The largest absolute Gasteiger partial charge is 0.376 e. The fraction of sp³-hybridized carbons (Fsp3) is 0.0278. The highest BCUT2D eigenvalue weighted by atomic mass is 15.1. The number of para-hydroxylation sites is 1. The van der Waals surface area contributed by atoms with Crippen LogP contribution in [0, 0.1) is 0 Å². The van der Waals surface area contributed by atoms with Gasteiger partial charge in [0.1, 0.15) is 0 Å². The van der Waals surface area contributed by atoms with Crippen LogP contribution in [0.5, 0.6) is 0 Å². The van der Waals surface area contributed by atoms with E-state index in [1.807, 2.05) is 6.08 Å². The number of hydrogen-bond acceptors (Lipinski definition) is 2. The molecule has 2 aliphatic rings. The van der Waals surface area contributed by atoms with Crippen LogP contribution in [0.4, 0.5) is 11.4 Å². The van der Waals surface area contributed by atoms with Gasteiger partial charge in [0.2, 0.25) is 0 Å². The first-order valence-corrected chi connectivity index (χ1v) is 13.4. The average molecular weight is 498 g/mol. The minimum absolute atomic E-state index is 0.144. The Bertz CT molecular complexity index is 1800. The van der Waals surface area contributed by atoms with Gasteiger partial charge in [-0.3, -0.25) is 4.99 Å².